The lowest BCUT2D eigenvalue weighted by Crippen LogP contribution is -2.38. The van der Waals surface area contributed by atoms with E-state index < -0.39 is 10.0 Å². The number of carbonyl (C=O) groups is 1. The Morgan fingerprint density at radius 2 is 2.10 bits per heavy atom. The van der Waals surface area contributed by atoms with Gasteiger partial charge in [0, 0.05) is 16.1 Å². The summed E-state index contributed by atoms with van der Waals surface area (Å²) in [4.78, 5) is 12.2. The minimum atomic E-state index is -3.86. The van der Waals surface area contributed by atoms with E-state index >= 15 is 0 Å². The molecule has 7 heteroatoms. The molecule has 0 spiro atoms. The quantitative estimate of drug-likeness (QED) is 0.850. The van der Waals surface area contributed by atoms with E-state index in [-0.39, 0.29) is 16.8 Å². The van der Waals surface area contributed by atoms with Crippen molar-refractivity contribution in [3.63, 3.8) is 0 Å². The molecule has 1 aliphatic rings. The predicted molar refractivity (Wildman–Crippen MR) is 84.4 cm³/mol. The van der Waals surface area contributed by atoms with E-state index in [2.05, 4.69) is 28.2 Å². The first kappa shape index (κ1) is 16.5. The molecule has 1 aliphatic carbocycles. The number of amides is 1. The Balaban J connectivity index is 2.16. The second-order valence-corrected chi connectivity index (χ2v) is 8.02. The minimum Gasteiger partial charge on any atom is -0.349 e. The van der Waals surface area contributed by atoms with Gasteiger partial charge in [0.2, 0.25) is 10.0 Å². The zero-order valence-corrected chi connectivity index (χ0v) is 14.2. The summed E-state index contributed by atoms with van der Waals surface area (Å²) < 4.78 is 23.3. The van der Waals surface area contributed by atoms with Crippen LogP contribution in [0.5, 0.6) is 0 Å². The van der Waals surface area contributed by atoms with Crippen LogP contribution >= 0.6 is 15.9 Å². The van der Waals surface area contributed by atoms with Gasteiger partial charge in [0.15, 0.2) is 0 Å². The molecule has 116 valence electrons. The van der Waals surface area contributed by atoms with Crippen LogP contribution in [-0.2, 0) is 10.0 Å². The molecule has 2 rings (SSSR count). The first-order chi connectivity index (χ1) is 9.77. The average Bonchev–Trinajstić information content (AvgIpc) is 2.37. The van der Waals surface area contributed by atoms with Crippen LogP contribution in [-0.4, -0.2) is 20.4 Å². The molecule has 0 bridgehead atoms. The van der Waals surface area contributed by atoms with Gasteiger partial charge in [-0.3, -0.25) is 4.79 Å². The molecule has 1 aromatic carbocycles. The van der Waals surface area contributed by atoms with Gasteiger partial charge in [-0.05, 0) is 52.9 Å². The van der Waals surface area contributed by atoms with Gasteiger partial charge in [0.05, 0.1) is 4.90 Å². The molecule has 1 fully saturated rings. The Kier molecular flexibility index (Phi) is 5.06. The van der Waals surface area contributed by atoms with E-state index in [0.717, 1.165) is 19.3 Å². The average molecular weight is 375 g/mol. The lowest BCUT2D eigenvalue weighted by atomic mass is 9.87. The molecule has 0 radical (unpaired) electrons. The lowest BCUT2D eigenvalue weighted by Gasteiger charge is -2.27. The maximum Gasteiger partial charge on any atom is 0.251 e. The van der Waals surface area contributed by atoms with Crippen LogP contribution in [0.1, 0.15) is 43.0 Å². The third-order valence-corrected chi connectivity index (χ3v) is 5.68. The van der Waals surface area contributed by atoms with Crippen molar-refractivity contribution in [3.8, 4) is 0 Å². The summed E-state index contributed by atoms with van der Waals surface area (Å²) in [6, 6.07) is 4.57. The highest BCUT2D eigenvalue weighted by Gasteiger charge is 2.22. The molecule has 0 heterocycles. The molecular formula is C14H19BrN2O3S. The summed E-state index contributed by atoms with van der Waals surface area (Å²) in [7, 11) is -3.86. The van der Waals surface area contributed by atoms with Crippen molar-refractivity contribution in [2.45, 2.75) is 43.5 Å². The summed E-state index contributed by atoms with van der Waals surface area (Å²) in [6.45, 7) is 2.18. The van der Waals surface area contributed by atoms with Crippen molar-refractivity contribution < 1.29 is 13.2 Å². The number of hydrogen-bond acceptors (Lipinski definition) is 3. The highest BCUT2D eigenvalue weighted by atomic mass is 79.9. The summed E-state index contributed by atoms with van der Waals surface area (Å²) in [5, 5.41) is 8.11. The summed E-state index contributed by atoms with van der Waals surface area (Å²) in [5.41, 5.74) is 0.306. The van der Waals surface area contributed by atoms with E-state index in [1.807, 2.05) is 0 Å². The van der Waals surface area contributed by atoms with E-state index in [0.29, 0.717) is 16.0 Å². The number of hydrogen-bond donors (Lipinski definition) is 2. The number of nitrogens with one attached hydrogen (secondary N) is 1. The number of sulfonamides is 1. The number of carbonyl (C=O) groups excluding carboxylic acids is 1. The second kappa shape index (κ2) is 6.46. The van der Waals surface area contributed by atoms with E-state index in [1.165, 1.54) is 18.6 Å². The third-order valence-electron chi connectivity index (χ3n) is 3.77. The molecule has 1 saturated carbocycles. The van der Waals surface area contributed by atoms with Gasteiger partial charge >= 0.3 is 0 Å². The van der Waals surface area contributed by atoms with Crippen LogP contribution in [0.2, 0.25) is 0 Å². The molecular weight excluding hydrogens is 356 g/mol. The van der Waals surface area contributed by atoms with Gasteiger partial charge in [-0.2, -0.15) is 0 Å². The SMILES string of the molecule is CC1CCCC(NC(=O)c2ccc(Br)c(S(N)(=O)=O)c2)C1. The monoisotopic (exact) mass is 374 g/mol. The maximum atomic E-state index is 12.2. The zero-order valence-electron chi connectivity index (χ0n) is 11.8. The fraction of sp³-hybridized carbons (Fsp3) is 0.500. The topological polar surface area (TPSA) is 89.3 Å². The molecule has 21 heavy (non-hydrogen) atoms. The molecule has 3 N–H and O–H groups in total. The smallest absolute Gasteiger partial charge is 0.251 e. The molecule has 2 atom stereocenters. The van der Waals surface area contributed by atoms with Gasteiger partial charge < -0.3 is 5.32 Å². The van der Waals surface area contributed by atoms with Crippen LogP contribution in [0.15, 0.2) is 27.6 Å². The van der Waals surface area contributed by atoms with Crippen molar-refractivity contribution >= 4 is 31.9 Å². The molecule has 0 aromatic heterocycles. The Bertz CT molecular complexity index is 646. The summed E-state index contributed by atoms with van der Waals surface area (Å²) in [5.74, 6) is 0.348. The highest BCUT2D eigenvalue weighted by Crippen LogP contribution is 2.25. The van der Waals surface area contributed by atoms with E-state index in [4.69, 9.17) is 5.14 Å². The number of nitrogens with two attached hydrogens (primary N) is 1. The zero-order chi connectivity index (χ0) is 15.6. The molecule has 5 nitrogen and oxygen atoms in total. The molecule has 0 saturated heterocycles. The third kappa shape index (κ3) is 4.28. The Labute approximate surface area is 133 Å². The van der Waals surface area contributed by atoms with Crippen molar-refractivity contribution in [3.05, 3.63) is 28.2 Å². The molecule has 1 aromatic rings. The van der Waals surface area contributed by atoms with Gasteiger partial charge in [-0.1, -0.05) is 19.8 Å². The van der Waals surface area contributed by atoms with Gasteiger partial charge in [0.1, 0.15) is 0 Å². The van der Waals surface area contributed by atoms with Gasteiger partial charge in [0.25, 0.3) is 5.91 Å². The number of halogens is 1. The summed E-state index contributed by atoms with van der Waals surface area (Å²) >= 11 is 3.13. The van der Waals surface area contributed by atoms with Crippen LogP contribution in [0.3, 0.4) is 0 Å². The molecule has 2 unspecified atom stereocenters. The minimum absolute atomic E-state index is 0.0767. The lowest BCUT2D eigenvalue weighted by molar-refractivity contribution is 0.0921. The van der Waals surface area contributed by atoms with Crippen LogP contribution < -0.4 is 10.5 Å². The predicted octanol–water partition coefficient (Wildman–Crippen LogP) is 2.41. The maximum absolute atomic E-state index is 12.2. The highest BCUT2D eigenvalue weighted by molar-refractivity contribution is 9.10. The Morgan fingerprint density at radius 3 is 2.71 bits per heavy atom. The number of benzene rings is 1. The fourth-order valence-electron chi connectivity index (χ4n) is 2.70. The summed E-state index contributed by atoms with van der Waals surface area (Å²) in [6.07, 6.45) is 4.23. The van der Waals surface area contributed by atoms with Crippen molar-refractivity contribution in [1.29, 1.82) is 0 Å². The molecule has 1 amide bonds. The van der Waals surface area contributed by atoms with E-state index in [1.54, 1.807) is 6.07 Å². The fourth-order valence-corrected chi connectivity index (χ4v) is 4.25. The van der Waals surface area contributed by atoms with Crippen LogP contribution in [0.4, 0.5) is 0 Å². The Hall–Kier alpha value is -0.920. The van der Waals surface area contributed by atoms with Gasteiger partial charge in [-0.15, -0.1) is 0 Å². The van der Waals surface area contributed by atoms with Crippen LogP contribution in [0, 0.1) is 5.92 Å². The standard InChI is InChI=1S/C14H19BrN2O3S/c1-9-3-2-4-11(7-9)17-14(18)10-5-6-12(15)13(8-10)21(16,19)20/h5-6,8-9,11H,2-4,7H2,1H3,(H,17,18)(H2,16,19,20). The van der Waals surface area contributed by atoms with Crippen molar-refractivity contribution in [2.75, 3.05) is 0 Å². The molecule has 0 aliphatic heterocycles. The first-order valence-corrected chi connectivity index (χ1v) is 9.24. The largest absolute Gasteiger partial charge is 0.349 e. The van der Waals surface area contributed by atoms with Crippen molar-refractivity contribution in [2.24, 2.45) is 11.1 Å². The van der Waals surface area contributed by atoms with Crippen LogP contribution in [0.25, 0.3) is 0 Å². The van der Waals surface area contributed by atoms with Gasteiger partial charge in [-0.25, -0.2) is 13.6 Å². The second-order valence-electron chi connectivity index (χ2n) is 5.63. The Morgan fingerprint density at radius 1 is 1.38 bits per heavy atom. The normalized spacial score (nSPS) is 22.8. The first-order valence-electron chi connectivity index (χ1n) is 6.90. The van der Waals surface area contributed by atoms with E-state index in [9.17, 15) is 13.2 Å². The number of rotatable bonds is 3. The number of primary sulfonamides is 1. The van der Waals surface area contributed by atoms with Crippen molar-refractivity contribution in [1.82, 2.24) is 5.32 Å².